The van der Waals surface area contributed by atoms with Gasteiger partial charge in [0.05, 0.1) is 18.1 Å². The van der Waals surface area contributed by atoms with Crippen molar-refractivity contribution in [1.29, 1.82) is 0 Å². The monoisotopic (exact) mass is 255 g/mol. The summed E-state index contributed by atoms with van der Waals surface area (Å²) in [5.41, 5.74) is -0.626. The molecule has 0 aromatic rings. The van der Waals surface area contributed by atoms with Crippen LogP contribution < -0.4 is 0 Å². The number of rotatable bonds is 4. The van der Waals surface area contributed by atoms with Gasteiger partial charge in [0.25, 0.3) is 0 Å². The third-order valence-corrected chi connectivity index (χ3v) is 4.70. The molecule has 2 fully saturated rings. The normalized spacial score (nSPS) is 32.6. The molecule has 1 heterocycles. The lowest BCUT2D eigenvalue weighted by Crippen LogP contribution is -2.56. The number of fused-ring (bicyclic) bond motifs is 1. The first kappa shape index (κ1) is 13.8. The van der Waals surface area contributed by atoms with E-state index in [0.717, 1.165) is 26.0 Å². The molecule has 2 aliphatic rings. The number of hydrogen-bond donors (Lipinski definition) is 1. The average molecular weight is 255 g/mol. The van der Waals surface area contributed by atoms with Crippen LogP contribution in [0.25, 0.3) is 0 Å². The van der Waals surface area contributed by atoms with Crippen molar-refractivity contribution < 1.29 is 14.6 Å². The Morgan fingerprint density at radius 2 is 2.17 bits per heavy atom. The van der Waals surface area contributed by atoms with Crippen molar-refractivity contribution in [3.63, 3.8) is 0 Å². The van der Waals surface area contributed by atoms with E-state index in [9.17, 15) is 9.90 Å². The molecule has 4 heteroatoms. The van der Waals surface area contributed by atoms with Crippen LogP contribution in [0.2, 0.25) is 0 Å². The van der Waals surface area contributed by atoms with Crippen molar-refractivity contribution in [1.82, 2.24) is 4.90 Å². The molecular weight excluding hydrogens is 230 g/mol. The van der Waals surface area contributed by atoms with E-state index in [1.165, 1.54) is 12.8 Å². The fraction of sp³-hybridized carbons (Fsp3) is 0.929. The molecule has 104 valence electrons. The summed E-state index contributed by atoms with van der Waals surface area (Å²) in [6.45, 7) is 6.11. The predicted molar refractivity (Wildman–Crippen MR) is 69.6 cm³/mol. The SMILES string of the molecule is CCC(C)(CN1CCOC2CCCCC21)C(=O)O. The van der Waals surface area contributed by atoms with E-state index < -0.39 is 11.4 Å². The molecule has 3 unspecified atom stereocenters. The molecule has 0 aromatic carbocycles. The molecule has 1 saturated carbocycles. The predicted octanol–water partition coefficient (Wildman–Crippen LogP) is 2.13. The van der Waals surface area contributed by atoms with Crippen LogP contribution in [0.4, 0.5) is 0 Å². The van der Waals surface area contributed by atoms with Crippen molar-refractivity contribution in [2.75, 3.05) is 19.7 Å². The molecule has 1 saturated heterocycles. The van der Waals surface area contributed by atoms with Gasteiger partial charge in [0.15, 0.2) is 0 Å². The fourth-order valence-electron chi connectivity index (χ4n) is 3.15. The highest BCUT2D eigenvalue weighted by molar-refractivity contribution is 5.74. The molecule has 1 N–H and O–H groups in total. The molecule has 3 atom stereocenters. The number of aliphatic carboxylic acids is 1. The Morgan fingerprint density at radius 3 is 2.83 bits per heavy atom. The summed E-state index contributed by atoms with van der Waals surface area (Å²) >= 11 is 0. The van der Waals surface area contributed by atoms with Crippen molar-refractivity contribution >= 4 is 5.97 Å². The summed E-state index contributed by atoms with van der Waals surface area (Å²) in [5.74, 6) is -0.677. The van der Waals surface area contributed by atoms with Crippen LogP contribution in [0.1, 0.15) is 46.0 Å². The topological polar surface area (TPSA) is 49.8 Å². The van der Waals surface area contributed by atoms with Crippen LogP contribution in [-0.4, -0.2) is 47.8 Å². The summed E-state index contributed by atoms with van der Waals surface area (Å²) in [6.07, 6.45) is 5.80. The van der Waals surface area contributed by atoms with Gasteiger partial charge in [-0.25, -0.2) is 0 Å². The summed E-state index contributed by atoms with van der Waals surface area (Å²) in [6, 6.07) is 0.442. The number of carbonyl (C=O) groups is 1. The Morgan fingerprint density at radius 1 is 1.44 bits per heavy atom. The third kappa shape index (κ3) is 2.69. The van der Waals surface area contributed by atoms with Gasteiger partial charge < -0.3 is 9.84 Å². The second kappa shape index (κ2) is 5.57. The molecule has 0 spiro atoms. The average Bonchev–Trinajstić information content (AvgIpc) is 2.39. The van der Waals surface area contributed by atoms with Crippen LogP contribution in [-0.2, 0) is 9.53 Å². The molecule has 2 rings (SSSR count). The first-order valence-electron chi connectivity index (χ1n) is 7.16. The van der Waals surface area contributed by atoms with E-state index in [0.29, 0.717) is 25.1 Å². The number of nitrogens with zero attached hydrogens (tertiary/aromatic N) is 1. The zero-order chi connectivity index (χ0) is 13.2. The molecule has 18 heavy (non-hydrogen) atoms. The number of carboxylic acid groups (broad SMARTS) is 1. The molecule has 0 bridgehead atoms. The standard InChI is InChI=1S/C14H25NO3/c1-3-14(2,13(16)17)10-15-8-9-18-12-7-5-4-6-11(12)15/h11-12H,3-10H2,1-2H3,(H,16,17). The molecule has 0 amide bonds. The first-order valence-corrected chi connectivity index (χ1v) is 7.16. The molecule has 0 aromatic heterocycles. The Hall–Kier alpha value is -0.610. The number of hydrogen-bond acceptors (Lipinski definition) is 3. The maximum atomic E-state index is 11.4. The van der Waals surface area contributed by atoms with E-state index in [1.807, 2.05) is 13.8 Å². The van der Waals surface area contributed by atoms with Crippen LogP contribution in [0, 0.1) is 5.41 Å². The van der Waals surface area contributed by atoms with Crippen molar-refractivity contribution in [2.24, 2.45) is 5.41 Å². The van der Waals surface area contributed by atoms with Crippen LogP contribution in [0.15, 0.2) is 0 Å². The van der Waals surface area contributed by atoms with E-state index in [-0.39, 0.29) is 0 Å². The third-order valence-electron chi connectivity index (χ3n) is 4.70. The zero-order valence-electron chi connectivity index (χ0n) is 11.5. The lowest BCUT2D eigenvalue weighted by atomic mass is 9.84. The largest absolute Gasteiger partial charge is 0.481 e. The smallest absolute Gasteiger partial charge is 0.310 e. The Bertz CT molecular complexity index is 305. The van der Waals surface area contributed by atoms with Crippen LogP contribution >= 0.6 is 0 Å². The van der Waals surface area contributed by atoms with E-state index in [2.05, 4.69) is 4.90 Å². The summed E-state index contributed by atoms with van der Waals surface area (Å²) < 4.78 is 5.83. The van der Waals surface area contributed by atoms with Gasteiger partial charge in [-0.05, 0) is 26.2 Å². The van der Waals surface area contributed by atoms with Gasteiger partial charge in [0.2, 0.25) is 0 Å². The number of carboxylic acids is 1. The van der Waals surface area contributed by atoms with Gasteiger partial charge in [-0.2, -0.15) is 0 Å². The molecule has 4 nitrogen and oxygen atoms in total. The lowest BCUT2D eigenvalue weighted by molar-refractivity contribution is -0.153. The first-order chi connectivity index (χ1) is 8.57. The Kier molecular flexibility index (Phi) is 4.28. The van der Waals surface area contributed by atoms with Gasteiger partial charge in [-0.15, -0.1) is 0 Å². The molecular formula is C14H25NO3. The second-order valence-electron chi connectivity index (χ2n) is 5.95. The summed E-state index contributed by atoms with van der Waals surface area (Å²) in [7, 11) is 0. The highest BCUT2D eigenvalue weighted by Crippen LogP contribution is 2.32. The minimum Gasteiger partial charge on any atom is -0.481 e. The highest BCUT2D eigenvalue weighted by atomic mass is 16.5. The number of morpholine rings is 1. The molecule has 1 aliphatic heterocycles. The van der Waals surface area contributed by atoms with Crippen LogP contribution in [0.5, 0.6) is 0 Å². The second-order valence-corrected chi connectivity index (χ2v) is 5.95. The zero-order valence-corrected chi connectivity index (χ0v) is 11.5. The highest BCUT2D eigenvalue weighted by Gasteiger charge is 2.40. The maximum absolute atomic E-state index is 11.4. The van der Waals surface area contributed by atoms with Crippen LogP contribution in [0.3, 0.4) is 0 Å². The molecule has 1 aliphatic carbocycles. The summed E-state index contributed by atoms with van der Waals surface area (Å²) in [5, 5.41) is 9.40. The minimum absolute atomic E-state index is 0.336. The van der Waals surface area contributed by atoms with Gasteiger partial charge in [0, 0.05) is 19.1 Å². The van der Waals surface area contributed by atoms with Crippen molar-refractivity contribution in [2.45, 2.75) is 58.1 Å². The minimum atomic E-state index is -0.677. The molecule has 0 radical (unpaired) electrons. The summed E-state index contributed by atoms with van der Waals surface area (Å²) in [4.78, 5) is 13.8. The lowest BCUT2D eigenvalue weighted by Gasteiger charge is -2.46. The van der Waals surface area contributed by atoms with E-state index in [1.54, 1.807) is 0 Å². The van der Waals surface area contributed by atoms with Gasteiger partial charge >= 0.3 is 5.97 Å². The van der Waals surface area contributed by atoms with E-state index in [4.69, 9.17) is 4.74 Å². The Balaban J connectivity index is 2.04. The quantitative estimate of drug-likeness (QED) is 0.836. The van der Waals surface area contributed by atoms with Crippen molar-refractivity contribution in [3.05, 3.63) is 0 Å². The maximum Gasteiger partial charge on any atom is 0.310 e. The number of ether oxygens (including phenoxy) is 1. The van der Waals surface area contributed by atoms with Crippen molar-refractivity contribution in [3.8, 4) is 0 Å². The van der Waals surface area contributed by atoms with E-state index >= 15 is 0 Å². The van der Waals surface area contributed by atoms with Gasteiger partial charge in [0.1, 0.15) is 0 Å². The van der Waals surface area contributed by atoms with Gasteiger partial charge in [-0.3, -0.25) is 9.69 Å². The fourth-order valence-corrected chi connectivity index (χ4v) is 3.15. The van der Waals surface area contributed by atoms with Gasteiger partial charge in [-0.1, -0.05) is 19.8 Å². The Labute approximate surface area is 109 Å².